The Morgan fingerprint density at radius 1 is 0.848 bits per heavy atom. The zero-order valence-corrected chi connectivity index (χ0v) is 19.6. The molecule has 6 rings (SSSR count). The third-order valence-electron chi connectivity index (χ3n) is 6.99. The molecule has 162 valence electrons. The number of hydrogen-bond acceptors (Lipinski definition) is 4. The third kappa shape index (κ3) is 2.80. The number of ketones is 2. The molecule has 0 saturated heterocycles. The second-order valence-electron chi connectivity index (χ2n) is 9.22. The minimum atomic E-state index is -0.179. The number of carbonyl (C=O) groups excluding carboxylic acids is 2. The van der Waals surface area contributed by atoms with E-state index < -0.39 is 0 Å². The molecular weight excluding hydrogens is 426 g/mol. The number of hydrogen-bond donors (Lipinski definition) is 0. The van der Waals surface area contributed by atoms with Crippen molar-refractivity contribution in [2.24, 2.45) is 0 Å². The Balaban J connectivity index is 1.47. The number of allylic oxidation sites excluding steroid dienone is 1. The van der Waals surface area contributed by atoms with Crippen molar-refractivity contribution in [1.29, 1.82) is 0 Å². The van der Waals surface area contributed by atoms with Gasteiger partial charge in [-0.15, -0.1) is 11.3 Å². The van der Waals surface area contributed by atoms with Gasteiger partial charge >= 0.3 is 0 Å². The summed E-state index contributed by atoms with van der Waals surface area (Å²) in [6, 6.07) is 22.2. The van der Waals surface area contributed by atoms with Crippen molar-refractivity contribution >= 4 is 50.4 Å². The smallest absolute Gasteiger partial charge is 0.197 e. The summed E-state index contributed by atoms with van der Waals surface area (Å²) >= 11 is 1.65. The summed E-state index contributed by atoms with van der Waals surface area (Å²) in [6.07, 6.45) is 1.80. The summed E-state index contributed by atoms with van der Waals surface area (Å²) in [5.74, 6) is -0.357. The van der Waals surface area contributed by atoms with Gasteiger partial charge in [-0.25, -0.2) is 0 Å². The van der Waals surface area contributed by atoms with Crippen LogP contribution in [0.1, 0.15) is 57.5 Å². The largest absolute Gasteiger partial charge is 0.333 e. The molecule has 0 saturated carbocycles. The molecule has 1 aliphatic carbocycles. The highest BCUT2D eigenvalue weighted by Gasteiger charge is 2.38. The summed E-state index contributed by atoms with van der Waals surface area (Å²) in [6.45, 7) is 7.50. The van der Waals surface area contributed by atoms with Gasteiger partial charge in [0.2, 0.25) is 0 Å². The van der Waals surface area contributed by atoms with Gasteiger partial charge < -0.3 is 4.90 Å². The van der Waals surface area contributed by atoms with E-state index in [0.717, 1.165) is 22.2 Å². The number of para-hydroxylation sites is 1. The number of fused-ring (bicyclic) bond motifs is 4. The van der Waals surface area contributed by atoms with Crippen molar-refractivity contribution in [2.75, 3.05) is 11.4 Å². The number of benzene rings is 3. The molecule has 1 aromatic heterocycles. The van der Waals surface area contributed by atoms with Crippen LogP contribution in [0.2, 0.25) is 0 Å². The maximum Gasteiger partial charge on any atom is 0.197 e. The fourth-order valence-corrected chi connectivity index (χ4v) is 6.55. The predicted octanol–water partition coefficient (Wildman–Crippen LogP) is 7.16. The first-order valence-corrected chi connectivity index (χ1v) is 12.1. The molecule has 3 aromatic carbocycles. The quantitative estimate of drug-likeness (QED) is 0.241. The minimum Gasteiger partial charge on any atom is -0.333 e. The van der Waals surface area contributed by atoms with Crippen LogP contribution in [0.5, 0.6) is 0 Å². The standard InChI is InChI=1S/C29H23NO2S/c1-4-30-25-12-8-7-11-23(25)29(2,3)24-16-19(33-28(24)30)15-22-26(31)20-13-17-9-5-6-10-18(17)14-21(20)27(22)32/h5-16H,4H2,1-3H3. The lowest BCUT2D eigenvalue weighted by atomic mass is 9.75. The molecule has 0 fully saturated rings. The molecule has 33 heavy (non-hydrogen) atoms. The van der Waals surface area contributed by atoms with E-state index >= 15 is 0 Å². The Morgan fingerprint density at radius 2 is 1.45 bits per heavy atom. The topological polar surface area (TPSA) is 37.4 Å². The fraction of sp³-hybridized carbons (Fsp3) is 0.172. The average Bonchev–Trinajstić information content (AvgIpc) is 3.34. The highest BCUT2D eigenvalue weighted by molar-refractivity contribution is 7.17. The molecule has 4 aromatic rings. The van der Waals surface area contributed by atoms with E-state index in [0.29, 0.717) is 11.1 Å². The first kappa shape index (κ1) is 20.1. The Labute approximate surface area is 197 Å². The van der Waals surface area contributed by atoms with E-state index in [9.17, 15) is 9.59 Å². The highest BCUT2D eigenvalue weighted by Crippen LogP contribution is 2.52. The first-order chi connectivity index (χ1) is 15.9. The molecule has 4 heteroatoms. The molecular formula is C29H23NO2S. The second kappa shape index (κ2) is 7.00. The van der Waals surface area contributed by atoms with E-state index in [1.165, 1.54) is 21.8 Å². The lowest BCUT2D eigenvalue weighted by Gasteiger charge is -2.39. The monoisotopic (exact) mass is 449 g/mol. The van der Waals surface area contributed by atoms with Crippen LogP contribution >= 0.6 is 11.3 Å². The second-order valence-corrected chi connectivity index (χ2v) is 10.3. The number of anilines is 2. The highest BCUT2D eigenvalue weighted by atomic mass is 32.1. The average molecular weight is 450 g/mol. The molecule has 0 amide bonds. The molecule has 2 heterocycles. The number of rotatable bonds is 2. The van der Waals surface area contributed by atoms with E-state index in [1.54, 1.807) is 17.4 Å². The van der Waals surface area contributed by atoms with Crippen LogP contribution in [-0.4, -0.2) is 18.1 Å². The van der Waals surface area contributed by atoms with Crippen LogP contribution in [0, 0.1) is 0 Å². The van der Waals surface area contributed by atoms with Gasteiger partial charge in [0.15, 0.2) is 11.6 Å². The summed E-state index contributed by atoms with van der Waals surface area (Å²) in [7, 11) is 0. The van der Waals surface area contributed by atoms with Gasteiger partial charge in [-0.1, -0.05) is 56.3 Å². The van der Waals surface area contributed by atoms with E-state index in [1.807, 2.05) is 36.4 Å². The van der Waals surface area contributed by atoms with Crippen LogP contribution in [0.15, 0.2) is 72.3 Å². The summed E-state index contributed by atoms with van der Waals surface area (Å²) in [4.78, 5) is 29.7. The zero-order valence-electron chi connectivity index (χ0n) is 18.8. The maximum atomic E-state index is 13.2. The Bertz CT molecular complexity index is 1470. The van der Waals surface area contributed by atoms with Gasteiger partial charge in [-0.05, 0) is 59.2 Å². The summed E-state index contributed by atoms with van der Waals surface area (Å²) in [5, 5.41) is 3.14. The molecule has 2 aliphatic rings. The maximum absolute atomic E-state index is 13.2. The summed E-state index contributed by atoms with van der Waals surface area (Å²) in [5.41, 5.74) is 4.88. The van der Waals surface area contributed by atoms with Gasteiger partial charge in [-0.3, -0.25) is 9.59 Å². The molecule has 3 nitrogen and oxygen atoms in total. The Hall–Kier alpha value is -3.50. The number of Topliss-reactive ketones (excluding diaryl/α,β-unsaturated/α-hetero) is 2. The Kier molecular flexibility index (Phi) is 4.27. The molecule has 0 spiro atoms. The van der Waals surface area contributed by atoms with Gasteiger partial charge in [0.1, 0.15) is 5.00 Å². The minimum absolute atomic E-state index is 0.158. The molecule has 0 bridgehead atoms. The molecule has 1 aliphatic heterocycles. The number of nitrogens with zero attached hydrogens (tertiary/aromatic N) is 1. The zero-order chi connectivity index (χ0) is 22.9. The third-order valence-corrected chi connectivity index (χ3v) is 8.09. The van der Waals surface area contributed by atoms with E-state index in [4.69, 9.17) is 0 Å². The molecule has 0 unspecified atom stereocenters. The summed E-state index contributed by atoms with van der Waals surface area (Å²) < 4.78 is 0. The molecule has 0 radical (unpaired) electrons. The van der Waals surface area contributed by atoms with Crippen molar-refractivity contribution in [2.45, 2.75) is 26.2 Å². The van der Waals surface area contributed by atoms with Crippen molar-refractivity contribution in [3.05, 3.63) is 99.4 Å². The lowest BCUT2D eigenvalue weighted by molar-refractivity contribution is 0.0990. The molecule has 0 N–H and O–H groups in total. The van der Waals surface area contributed by atoms with Gasteiger partial charge in [0.25, 0.3) is 0 Å². The normalized spacial score (nSPS) is 16.1. The van der Waals surface area contributed by atoms with Crippen LogP contribution in [0.3, 0.4) is 0 Å². The Morgan fingerprint density at radius 3 is 2.09 bits per heavy atom. The van der Waals surface area contributed by atoms with Crippen LogP contribution in [0.25, 0.3) is 16.8 Å². The van der Waals surface area contributed by atoms with Crippen molar-refractivity contribution in [3.63, 3.8) is 0 Å². The van der Waals surface area contributed by atoms with Crippen LogP contribution < -0.4 is 4.90 Å². The SMILES string of the molecule is CCN1c2ccccc2C(C)(C)c2cc(C=C3C(=O)c4cc5ccccc5cc4C3=O)sc21. The first-order valence-electron chi connectivity index (χ1n) is 11.3. The van der Waals surface area contributed by atoms with Gasteiger partial charge in [0.05, 0.1) is 5.57 Å². The van der Waals surface area contributed by atoms with Gasteiger partial charge in [-0.2, -0.15) is 0 Å². The van der Waals surface area contributed by atoms with Gasteiger partial charge in [0, 0.05) is 33.7 Å². The number of thiophene rings is 1. The lowest BCUT2D eigenvalue weighted by Crippen LogP contribution is -2.31. The van der Waals surface area contributed by atoms with Crippen molar-refractivity contribution < 1.29 is 9.59 Å². The molecule has 0 atom stereocenters. The van der Waals surface area contributed by atoms with Crippen molar-refractivity contribution in [1.82, 2.24) is 0 Å². The number of carbonyl (C=O) groups is 2. The fourth-order valence-electron chi connectivity index (χ4n) is 5.21. The van der Waals surface area contributed by atoms with Crippen LogP contribution in [0.4, 0.5) is 10.7 Å². The van der Waals surface area contributed by atoms with E-state index in [-0.39, 0.29) is 22.6 Å². The predicted molar refractivity (Wildman–Crippen MR) is 136 cm³/mol. The van der Waals surface area contributed by atoms with Crippen molar-refractivity contribution in [3.8, 4) is 0 Å². The van der Waals surface area contributed by atoms with E-state index in [2.05, 4.69) is 56.0 Å². The van der Waals surface area contributed by atoms with Crippen LogP contribution in [-0.2, 0) is 5.41 Å².